The zero-order valence-electron chi connectivity index (χ0n) is 20.2. The first-order valence-electron chi connectivity index (χ1n) is 12.2. The number of carbonyl (C=O) groups is 2. The molecule has 5 nitrogen and oxygen atoms in total. The van der Waals surface area contributed by atoms with Gasteiger partial charge in [-0.3, -0.25) is 4.79 Å². The highest BCUT2D eigenvalue weighted by Gasteiger charge is 2.28. The number of rotatable bonds is 9. The third-order valence-corrected chi connectivity index (χ3v) is 6.68. The second kappa shape index (κ2) is 11.3. The summed E-state index contributed by atoms with van der Waals surface area (Å²) in [5.41, 5.74) is 4.68. The van der Waals surface area contributed by atoms with Crippen LogP contribution in [0.25, 0.3) is 11.1 Å². The number of hydrogen-bond donors (Lipinski definition) is 2. The number of amides is 1. The van der Waals surface area contributed by atoms with Gasteiger partial charge in [0, 0.05) is 13.0 Å². The van der Waals surface area contributed by atoms with Crippen molar-refractivity contribution in [1.82, 2.24) is 4.90 Å². The zero-order chi connectivity index (χ0) is 25.7. The predicted octanol–water partition coefficient (Wildman–Crippen LogP) is 5.71. The number of aryl methyl sites for hydroxylation is 2. The Hall–Kier alpha value is -3.77. The molecule has 4 rings (SSSR count). The highest BCUT2D eigenvalue weighted by molar-refractivity contribution is 5.87. The summed E-state index contributed by atoms with van der Waals surface area (Å²) < 4.78 is 13.5. The van der Waals surface area contributed by atoms with Gasteiger partial charge in [0.05, 0.1) is 17.7 Å². The molecule has 36 heavy (non-hydrogen) atoms. The first-order chi connectivity index (χ1) is 17.3. The molecule has 3 aromatic rings. The van der Waals surface area contributed by atoms with Crippen molar-refractivity contribution in [1.29, 1.82) is 0 Å². The quantitative estimate of drug-likeness (QED) is 0.379. The molecular formula is C30H30FNO4. The lowest BCUT2D eigenvalue weighted by Crippen LogP contribution is -2.33. The van der Waals surface area contributed by atoms with Crippen LogP contribution in [0.1, 0.15) is 52.4 Å². The highest BCUT2D eigenvalue weighted by Crippen LogP contribution is 2.28. The summed E-state index contributed by atoms with van der Waals surface area (Å²) in [6.07, 6.45) is 5.53. The van der Waals surface area contributed by atoms with Crippen molar-refractivity contribution >= 4 is 11.9 Å². The Kier molecular flexibility index (Phi) is 7.96. The molecule has 6 heteroatoms. The van der Waals surface area contributed by atoms with Crippen LogP contribution in [0.15, 0.2) is 78.9 Å². The van der Waals surface area contributed by atoms with E-state index in [4.69, 9.17) is 5.11 Å². The molecule has 1 heterocycles. The number of likely N-dealkylation sites (tertiary alicyclic amines) is 1. The monoisotopic (exact) mass is 487 g/mol. The summed E-state index contributed by atoms with van der Waals surface area (Å²) in [6, 6.07) is 19.0. The first-order valence-corrected chi connectivity index (χ1v) is 12.2. The Morgan fingerprint density at radius 1 is 1.14 bits per heavy atom. The van der Waals surface area contributed by atoms with Gasteiger partial charge in [-0.05, 0) is 84.3 Å². The van der Waals surface area contributed by atoms with E-state index in [9.17, 15) is 19.1 Å². The third-order valence-electron chi connectivity index (χ3n) is 6.68. The molecule has 0 spiro atoms. The molecule has 1 fully saturated rings. The van der Waals surface area contributed by atoms with Crippen LogP contribution in [-0.2, 0) is 11.2 Å². The van der Waals surface area contributed by atoms with Crippen molar-refractivity contribution in [2.45, 2.75) is 44.8 Å². The van der Waals surface area contributed by atoms with E-state index in [1.165, 1.54) is 12.1 Å². The number of benzene rings is 3. The number of carboxylic acid groups (broad SMARTS) is 1. The van der Waals surface area contributed by atoms with Gasteiger partial charge in [-0.1, -0.05) is 48.6 Å². The number of nitrogens with zero attached hydrogens (tertiary/aromatic N) is 1. The van der Waals surface area contributed by atoms with Crippen molar-refractivity contribution < 1.29 is 24.2 Å². The fraction of sp³-hybridized carbons (Fsp3) is 0.267. The number of hydrogen-bond acceptors (Lipinski definition) is 3. The van der Waals surface area contributed by atoms with Crippen molar-refractivity contribution in [3.63, 3.8) is 0 Å². The minimum absolute atomic E-state index is 0.0657. The molecule has 0 bridgehead atoms. The van der Waals surface area contributed by atoms with Crippen molar-refractivity contribution in [3.8, 4) is 11.1 Å². The molecule has 1 saturated heterocycles. The van der Waals surface area contributed by atoms with Crippen molar-refractivity contribution in [2.75, 3.05) is 6.54 Å². The fourth-order valence-corrected chi connectivity index (χ4v) is 4.70. The lowest BCUT2D eigenvalue weighted by atomic mass is 9.97. The van der Waals surface area contributed by atoms with Gasteiger partial charge >= 0.3 is 5.97 Å². The molecule has 3 aromatic carbocycles. The van der Waals surface area contributed by atoms with E-state index in [1.807, 2.05) is 54.3 Å². The maximum atomic E-state index is 13.5. The number of aromatic carboxylic acids is 1. The Labute approximate surface area is 210 Å². The van der Waals surface area contributed by atoms with Gasteiger partial charge in [-0.15, -0.1) is 0 Å². The molecule has 2 atom stereocenters. The second-order valence-corrected chi connectivity index (χ2v) is 9.21. The molecule has 1 amide bonds. The largest absolute Gasteiger partial charge is 0.478 e. The Bertz CT molecular complexity index is 1270. The molecule has 1 aliphatic heterocycles. The van der Waals surface area contributed by atoms with E-state index in [1.54, 1.807) is 24.3 Å². The highest BCUT2D eigenvalue weighted by atomic mass is 19.1. The maximum Gasteiger partial charge on any atom is 0.335 e. The summed E-state index contributed by atoms with van der Waals surface area (Å²) in [7, 11) is 0. The van der Waals surface area contributed by atoms with Gasteiger partial charge in [0.2, 0.25) is 5.91 Å². The molecule has 1 aliphatic rings. The predicted molar refractivity (Wildman–Crippen MR) is 137 cm³/mol. The number of carboxylic acids is 1. The topological polar surface area (TPSA) is 77.8 Å². The Balaban J connectivity index is 1.37. The van der Waals surface area contributed by atoms with Gasteiger partial charge in [0.15, 0.2) is 0 Å². The molecule has 186 valence electrons. The van der Waals surface area contributed by atoms with E-state index >= 15 is 0 Å². The van der Waals surface area contributed by atoms with Crippen LogP contribution in [0.3, 0.4) is 0 Å². The van der Waals surface area contributed by atoms with E-state index in [0.717, 1.165) is 40.7 Å². The van der Waals surface area contributed by atoms with Gasteiger partial charge in [0.25, 0.3) is 0 Å². The summed E-state index contributed by atoms with van der Waals surface area (Å²) in [5.74, 6) is -1.12. The van der Waals surface area contributed by atoms with E-state index < -0.39 is 12.1 Å². The van der Waals surface area contributed by atoms with Crippen LogP contribution in [-0.4, -0.2) is 39.6 Å². The summed E-state index contributed by atoms with van der Waals surface area (Å²) >= 11 is 0. The average molecular weight is 488 g/mol. The van der Waals surface area contributed by atoms with Gasteiger partial charge < -0.3 is 15.1 Å². The molecule has 0 radical (unpaired) electrons. The summed E-state index contributed by atoms with van der Waals surface area (Å²) in [4.78, 5) is 25.3. The summed E-state index contributed by atoms with van der Waals surface area (Å²) in [5, 5.41) is 19.8. The minimum atomic E-state index is -0.946. The number of aliphatic hydroxyl groups excluding tert-OH is 1. The third kappa shape index (κ3) is 6.07. The number of aliphatic hydroxyl groups is 1. The van der Waals surface area contributed by atoms with Crippen LogP contribution >= 0.6 is 0 Å². The fourth-order valence-electron chi connectivity index (χ4n) is 4.70. The second-order valence-electron chi connectivity index (χ2n) is 9.21. The number of carbonyl (C=O) groups excluding carboxylic acids is 1. The van der Waals surface area contributed by atoms with Gasteiger partial charge in [0.1, 0.15) is 5.82 Å². The molecular weight excluding hydrogens is 457 g/mol. The summed E-state index contributed by atoms with van der Waals surface area (Å²) in [6.45, 7) is 2.46. The molecule has 2 N–H and O–H groups in total. The van der Waals surface area contributed by atoms with E-state index in [0.29, 0.717) is 19.4 Å². The molecule has 0 aliphatic carbocycles. The van der Waals surface area contributed by atoms with E-state index in [2.05, 4.69) is 0 Å². The first kappa shape index (κ1) is 25.3. The van der Waals surface area contributed by atoms with Gasteiger partial charge in [-0.2, -0.15) is 0 Å². The molecule has 0 saturated carbocycles. The van der Waals surface area contributed by atoms with Crippen molar-refractivity contribution in [3.05, 3.63) is 107 Å². The Morgan fingerprint density at radius 3 is 2.64 bits per heavy atom. The number of halogens is 1. The maximum absolute atomic E-state index is 13.5. The van der Waals surface area contributed by atoms with Crippen molar-refractivity contribution in [2.24, 2.45) is 0 Å². The van der Waals surface area contributed by atoms with E-state index in [-0.39, 0.29) is 23.3 Å². The normalized spacial score (nSPS) is 16.6. The Morgan fingerprint density at radius 2 is 1.92 bits per heavy atom. The lowest BCUT2D eigenvalue weighted by molar-refractivity contribution is -0.128. The lowest BCUT2D eigenvalue weighted by Gasteiger charge is -2.23. The minimum Gasteiger partial charge on any atom is -0.478 e. The molecule has 0 aromatic heterocycles. The van der Waals surface area contributed by atoms with Crippen LogP contribution in [0.2, 0.25) is 0 Å². The van der Waals surface area contributed by atoms with Crippen LogP contribution in [0, 0.1) is 12.7 Å². The van der Waals surface area contributed by atoms with Crippen LogP contribution in [0.5, 0.6) is 0 Å². The smallest absolute Gasteiger partial charge is 0.335 e. The average Bonchev–Trinajstić information content (AvgIpc) is 3.22. The molecule has 2 unspecified atom stereocenters. The zero-order valence-corrected chi connectivity index (χ0v) is 20.2. The van der Waals surface area contributed by atoms with Gasteiger partial charge in [-0.25, -0.2) is 9.18 Å². The SMILES string of the molecule is Cc1cc(F)ccc1-c1cccc(C(O)/C=C/C2CCC(=O)N2CCCc2ccc(C(=O)O)cc2)c1. The van der Waals surface area contributed by atoms with Crippen LogP contribution in [0.4, 0.5) is 4.39 Å². The van der Waals surface area contributed by atoms with Crippen LogP contribution < -0.4 is 0 Å². The standard InChI is InChI=1S/C30H30FNO4/c1-20-18-25(31)11-14-27(20)23-5-2-6-24(19-23)28(33)15-12-26-13-16-29(34)32(26)17-3-4-21-7-9-22(10-8-21)30(35)36/h2,5-12,14-15,18-19,26,28,33H,3-4,13,16-17H2,1H3,(H,35,36)/b15-12+.